The number of hydrogen-bond donors (Lipinski definition) is 2. The van der Waals surface area contributed by atoms with Crippen molar-refractivity contribution in [1.29, 1.82) is 0 Å². The van der Waals surface area contributed by atoms with Gasteiger partial charge in [0.2, 0.25) is 5.91 Å². The number of ether oxygens (including phenoxy) is 1. The van der Waals surface area contributed by atoms with Crippen molar-refractivity contribution in [1.82, 2.24) is 10.3 Å². The SMILES string of the molecule is O=C(CCC1CCNCC1)Nc1cccc(OCc2cscn2)c1. The number of aromatic nitrogens is 1. The van der Waals surface area contributed by atoms with Crippen LogP contribution in [0.25, 0.3) is 0 Å². The lowest BCUT2D eigenvalue weighted by Gasteiger charge is -2.22. The Morgan fingerprint density at radius 1 is 1.38 bits per heavy atom. The third-order valence-corrected chi connectivity index (χ3v) is 4.86. The molecule has 0 bridgehead atoms. The molecule has 128 valence electrons. The Balaban J connectivity index is 1.45. The summed E-state index contributed by atoms with van der Waals surface area (Å²) in [6.07, 6.45) is 3.89. The molecule has 0 spiro atoms. The molecule has 1 amide bonds. The van der Waals surface area contributed by atoms with E-state index in [4.69, 9.17) is 4.74 Å². The minimum absolute atomic E-state index is 0.0742. The average Bonchev–Trinajstić information content (AvgIpc) is 3.13. The summed E-state index contributed by atoms with van der Waals surface area (Å²) < 4.78 is 5.71. The molecule has 24 heavy (non-hydrogen) atoms. The summed E-state index contributed by atoms with van der Waals surface area (Å²) in [4.78, 5) is 16.3. The van der Waals surface area contributed by atoms with Crippen LogP contribution in [-0.2, 0) is 11.4 Å². The molecule has 2 heterocycles. The number of nitrogens with one attached hydrogen (secondary N) is 2. The number of carbonyl (C=O) groups excluding carboxylic acids is 1. The Morgan fingerprint density at radius 3 is 3.04 bits per heavy atom. The zero-order valence-corrected chi connectivity index (χ0v) is 14.5. The van der Waals surface area contributed by atoms with Gasteiger partial charge in [-0.2, -0.15) is 0 Å². The first kappa shape index (κ1) is 16.9. The molecule has 3 rings (SSSR count). The highest BCUT2D eigenvalue weighted by Gasteiger charge is 2.14. The number of benzene rings is 1. The Kier molecular flexibility index (Phi) is 6.20. The summed E-state index contributed by atoms with van der Waals surface area (Å²) >= 11 is 1.55. The molecule has 1 aliphatic rings. The van der Waals surface area contributed by atoms with Crippen LogP contribution in [0.4, 0.5) is 5.69 Å². The molecule has 5 nitrogen and oxygen atoms in total. The fraction of sp³-hybridized carbons (Fsp3) is 0.444. The van der Waals surface area contributed by atoms with Crippen LogP contribution in [0, 0.1) is 5.92 Å². The van der Waals surface area contributed by atoms with Gasteiger partial charge in [0, 0.05) is 23.6 Å². The van der Waals surface area contributed by atoms with Crippen LogP contribution in [0.1, 0.15) is 31.4 Å². The van der Waals surface area contributed by atoms with Crippen LogP contribution < -0.4 is 15.4 Å². The van der Waals surface area contributed by atoms with Gasteiger partial charge in [-0.1, -0.05) is 6.07 Å². The number of thiazole rings is 1. The highest BCUT2D eigenvalue weighted by molar-refractivity contribution is 7.07. The topological polar surface area (TPSA) is 63.2 Å². The van der Waals surface area contributed by atoms with Gasteiger partial charge in [0.25, 0.3) is 0 Å². The number of anilines is 1. The van der Waals surface area contributed by atoms with E-state index in [9.17, 15) is 4.79 Å². The third kappa shape index (κ3) is 5.32. The van der Waals surface area contributed by atoms with Crippen LogP contribution in [0.2, 0.25) is 0 Å². The third-order valence-electron chi connectivity index (χ3n) is 4.23. The van der Waals surface area contributed by atoms with Crippen molar-refractivity contribution in [2.75, 3.05) is 18.4 Å². The Hall–Kier alpha value is -1.92. The van der Waals surface area contributed by atoms with Crippen molar-refractivity contribution in [3.8, 4) is 5.75 Å². The molecule has 1 aromatic heterocycles. The van der Waals surface area contributed by atoms with Crippen LogP contribution in [0.15, 0.2) is 35.2 Å². The summed E-state index contributed by atoms with van der Waals surface area (Å²) in [5.41, 5.74) is 3.48. The lowest BCUT2D eigenvalue weighted by Crippen LogP contribution is -2.28. The smallest absolute Gasteiger partial charge is 0.224 e. The number of carbonyl (C=O) groups is 1. The predicted molar refractivity (Wildman–Crippen MR) is 96.3 cm³/mol. The van der Waals surface area contributed by atoms with E-state index in [2.05, 4.69) is 15.6 Å². The maximum absolute atomic E-state index is 12.1. The van der Waals surface area contributed by atoms with E-state index in [1.165, 1.54) is 12.8 Å². The van der Waals surface area contributed by atoms with Crippen molar-refractivity contribution in [3.05, 3.63) is 40.8 Å². The van der Waals surface area contributed by atoms with Gasteiger partial charge in [0.05, 0.1) is 11.2 Å². The quantitative estimate of drug-likeness (QED) is 0.807. The lowest BCUT2D eigenvalue weighted by molar-refractivity contribution is -0.116. The summed E-state index contributed by atoms with van der Waals surface area (Å²) in [7, 11) is 0. The highest BCUT2D eigenvalue weighted by Crippen LogP contribution is 2.21. The van der Waals surface area contributed by atoms with E-state index < -0.39 is 0 Å². The van der Waals surface area contributed by atoms with Crippen LogP contribution in [0.5, 0.6) is 5.75 Å². The van der Waals surface area contributed by atoms with Crippen LogP contribution in [-0.4, -0.2) is 24.0 Å². The summed E-state index contributed by atoms with van der Waals surface area (Å²) in [6, 6.07) is 7.52. The molecule has 1 aliphatic heterocycles. The molecule has 0 unspecified atom stereocenters. The molecule has 2 aromatic rings. The predicted octanol–water partition coefficient (Wildman–Crippen LogP) is 3.44. The normalized spacial score (nSPS) is 15.2. The highest BCUT2D eigenvalue weighted by atomic mass is 32.1. The second-order valence-corrected chi connectivity index (χ2v) is 6.80. The summed E-state index contributed by atoms with van der Waals surface area (Å²) in [5, 5.41) is 8.28. The van der Waals surface area contributed by atoms with E-state index in [1.54, 1.807) is 16.8 Å². The molecule has 0 aliphatic carbocycles. The second-order valence-electron chi connectivity index (χ2n) is 6.08. The molecular weight excluding hydrogens is 322 g/mol. The zero-order chi connectivity index (χ0) is 16.6. The Labute approximate surface area is 146 Å². The largest absolute Gasteiger partial charge is 0.487 e. The van der Waals surface area contributed by atoms with Crippen LogP contribution >= 0.6 is 11.3 Å². The van der Waals surface area contributed by atoms with E-state index in [1.807, 2.05) is 29.6 Å². The van der Waals surface area contributed by atoms with Crippen molar-refractivity contribution >= 4 is 22.9 Å². The van der Waals surface area contributed by atoms with E-state index in [0.717, 1.165) is 36.6 Å². The summed E-state index contributed by atoms with van der Waals surface area (Å²) in [6.45, 7) is 2.59. The van der Waals surface area contributed by atoms with E-state index in [0.29, 0.717) is 18.9 Å². The van der Waals surface area contributed by atoms with Gasteiger partial charge in [0.15, 0.2) is 0 Å². The Morgan fingerprint density at radius 2 is 2.25 bits per heavy atom. The van der Waals surface area contributed by atoms with Gasteiger partial charge < -0.3 is 15.4 Å². The second kappa shape index (κ2) is 8.80. The van der Waals surface area contributed by atoms with Gasteiger partial charge in [-0.15, -0.1) is 11.3 Å². The monoisotopic (exact) mass is 345 g/mol. The zero-order valence-electron chi connectivity index (χ0n) is 13.7. The van der Waals surface area contributed by atoms with Gasteiger partial charge in [-0.05, 0) is 50.4 Å². The number of amides is 1. The minimum atomic E-state index is 0.0742. The number of rotatable bonds is 7. The van der Waals surface area contributed by atoms with Crippen molar-refractivity contribution in [2.45, 2.75) is 32.3 Å². The number of nitrogens with zero attached hydrogens (tertiary/aromatic N) is 1. The first-order valence-corrected chi connectivity index (χ1v) is 9.34. The van der Waals surface area contributed by atoms with E-state index in [-0.39, 0.29) is 5.91 Å². The molecule has 1 aromatic carbocycles. The maximum atomic E-state index is 12.1. The fourth-order valence-corrected chi connectivity index (χ4v) is 3.40. The molecule has 6 heteroatoms. The summed E-state index contributed by atoms with van der Waals surface area (Å²) in [5.74, 6) is 1.48. The molecule has 0 atom stereocenters. The molecule has 1 fully saturated rings. The van der Waals surface area contributed by atoms with Gasteiger partial charge in [-0.25, -0.2) is 4.98 Å². The first-order valence-electron chi connectivity index (χ1n) is 8.40. The minimum Gasteiger partial charge on any atom is -0.487 e. The maximum Gasteiger partial charge on any atom is 0.224 e. The Bertz CT molecular complexity index is 639. The fourth-order valence-electron chi connectivity index (χ4n) is 2.86. The average molecular weight is 345 g/mol. The van der Waals surface area contributed by atoms with E-state index >= 15 is 0 Å². The van der Waals surface area contributed by atoms with Crippen molar-refractivity contribution in [3.63, 3.8) is 0 Å². The number of hydrogen-bond acceptors (Lipinski definition) is 5. The van der Waals surface area contributed by atoms with Crippen LogP contribution in [0.3, 0.4) is 0 Å². The molecule has 0 radical (unpaired) electrons. The number of piperidine rings is 1. The molecule has 1 saturated heterocycles. The van der Waals surface area contributed by atoms with Crippen molar-refractivity contribution in [2.24, 2.45) is 5.92 Å². The van der Waals surface area contributed by atoms with Gasteiger partial charge in [0.1, 0.15) is 12.4 Å². The first-order chi connectivity index (χ1) is 11.8. The molecular formula is C18H23N3O2S. The molecule has 2 N–H and O–H groups in total. The molecule has 0 saturated carbocycles. The lowest BCUT2D eigenvalue weighted by atomic mass is 9.93. The standard InChI is InChI=1S/C18H23N3O2S/c22-18(5-4-14-6-8-19-9-7-14)21-15-2-1-3-17(10-15)23-11-16-12-24-13-20-16/h1-3,10,12-14,19H,4-9,11H2,(H,21,22). The van der Waals surface area contributed by atoms with Crippen molar-refractivity contribution < 1.29 is 9.53 Å². The van der Waals surface area contributed by atoms with Gasteiger partial charge >= 0.3 is 0 Å². The van der Waals surface area contributed by atoms with Gasteiger partial charge in [-0.3, -0.25) is 4.79 Å².